The van der Waals surface area contributed by atoms with Crippen molar-refractivity contribution >= 4 is 33.8 Å². The van der Waals surface area contributed by atoms with Gasteiger partial charge in [0, 0.05) is 98.6 Å². The van der Waals surface area contributed by atoms with Crippen molar-refractivity contribution < 1.29 is 28.2 Å². The Morgan fingerprint density at radius 3 is 1.50 bits per heavy atom. The van der Waals surface area contributed by atoms with Crippen LogP contribution in [-0.4, -0.2) is 101 Å². The Bertz CT molecular complexity index is 1510. The van der Waals surface area contributed by atoms with E-state index < -0.39 is 0 Å². The van der Waals surface area contributed by atoms with E-state index in [9.17, 15) is 9.59 Å². The number of nitrogens with one attached hydrogen (secondary N) is 2. The number of rotatable bonds is 0. The largest absolute Gasteiger partial charge is 0.455 e. The number of para-hydroxylation sites is 2. The van der Waals surface area contributed by atoms with Crippen LogP contribution in [0, 0.1) is 0 Å². The fourth-order valence-electron chi connectivity index (χ4n) is 6.19. The van der Waals surface area contributed by atoms with Crippen molar-refractivity contribution in [2.24, 2.45) is 0 Å². The molecule has 0 aliphatic carbocycles. The van der Waals surface area contributed by atoms with Gasteiger partial charge in [-0.25, -0.2) is 0 Å². The van der Waals surface area contributed by atoms with Gasteiger partial charge < -0.3 is 29.3 Å². The molecule has 2 amide bonds. The zero-order chi connectivity index (χ0) is 31.6. The molecular weight excluding hydrogens is 584 g/mol. The summed E-state index contributed by atoms with van der Waals surface area (Å²) in [5.41, 5.74) is 4.95. The first-order valence-electron chi connectivity index (χ1n) is 16.4. The monoisotopic (exact) mass is 628 g/mol. The van der Waals surface area contributed by atoms with E-state index in [-0.39, 0.29) is 11.8 Å². The number of nitrogens with zero attached hydrogens (tertiary/aromatic N) is 2. The summed E-state index contributed by atoms with van der Waals surface area (Å²) in [6.07, 6.45) is 1.68. The average molecular weight is 629 g/mol. The van der Waals surface area contributed by atoms with Crippen LogP contribution < -0.4 is 10.6 Å². The van der Waals surface area contributed by atoms with Gasteiger partial charge in [-0.2, -0.15) is 0 Å². The zero-order valence-corrected chi connectivity index (χ0v) is 26.4. The molecule has 0 saturated carbocycles. The molecule has 1 aromatic heterocycles. The van der Waals surface area contributed by atoms with Crippen molar-refractivity contribution in [2.75, 3.05) is 78.9 Å². The van der Waals surface area contributed by atoms with E-state index in [0.717, 1.165) is 59.0 Å². The highest BCUT2D eigenvalue weighted by Crippen LogP contribution is 2.34. The minimum atomic E-state index is -0.200. The van der Waals surface area contributed by atoms with Gasteiger partial charge in [0.25, 0.3) is 11.8 Å². The summed E-state index contributed by atoms with van der Waals surface area (Å²) in [6.45, 7) is 8.53. The SMILES string of the molecule is O=C1NCCN2CCCOCCOCCOCCCN(CCNC(=O)c3cccc1c3)Cc1cccc3c1oc1c(cccc13)C2. The summed E-state index contributed by atoms with van der Waals surface area (Å²) in [5.74, 6) is -0.400. The summed E-state index contributed by atoms with van der Waals surface area (Å²) in [6, 6.07) is 19.6. The Morgan fingerprint density at radius 1 is 0.543 bits per heavy atom. The van der Waals surface area contributed by atoms with Crippen molar-refractivity contribution in [1.29, 1.82) is 0 Å². The highest BCUT2D eigenvalue weighted by Gasteiger charge is 2.19. The van der Waals surface area contributed by atoms with Crippen molar-refractivity contribution in [3.8, 4) is 0 Å². The molecule has 2 unspecified atom stereocenters. The number of hydrogen-bond donors (Lipinski definition) is 2. The van der Waals surface area contributed by atoms with Gasteiger partial charge in [-0.15, -0.1) is 0 Å². The number of furan rings is 1. The zero-order valence-electron chi connectivity index (χ0n) is 26.4. The molecule has 244 valence electrons. The predicted octanol–water partition coefficient (Wildman–Crippen LogP) is 4.21. The molecule has 46 heavy (non-hydrogen) atoms. The molecule has 0 saturated heterocycles. The summed E-state index contributed by atoms with van der Waals surface area (Å²) in [7, 11) is 0. The van der Waals surface area contributed by atoms with Crippen molar-refractivity contribution in [3.05, 3.63) is 82.9 Å². The van der Waals surface area contributed by atoms with Crippen molar-refractivity contribution in [2.45, 2.75) is 25.9 Å². The van der Waals surface area contributed by atoms with Crippen LogP contribution in [0.1, 0.15) is 44.7 Å². The number of carbonyl (C=O) groups is 2. The molecule has 2 N–H and O–H groups in total. The third-order valence-electron chi connectivity index (χ3n) is 8.56. The minimum Gasteiger partial charge on any atom is -0.455 e. The van der Waals surface area contributed by atoms with Gasteiger partial charge in [-0.1, -0.05) is 42.5 Å². The third kappa shape index (κ3) is 8.31. The Labute approximate surface area is 269 Å². The van der Waals surface area contributed by atoms with Crippen molar-refractivity contribution in [3.63, 3.8) is 0 Å². The molecule has 0 spiro atoms. The lowest BCUT2D eigenvalue weighted by Gasteiger charge is -2.23. The normalized spacial score (nSPS) is 22.0. The summed E-state index contributed by atoms with van der Waals surface area (Å²) in [5, 5.41) is 8.31. The third-order valence-corrected chi connectivity index (χ3v) is 8.56. The van der Waals surface area contributed by atoms with E-state index in [0.29, 0.717) is 90.0 Å². The summed E-state index contributed by atoms with van der Waals surface area (Å²) < 4.78 is 24.1. The molecule has 6 bridgehead atoms. The maximum absolute atomic E-state index is 13.1. The minimum absolute atomic E-state index is 0.200. The van der Waals surface area contributed by atoms with Gasteiger partial charge in [0.1, 0.15) is 11.2 Å². The average Bonchev–Trinajstić information content (AvgIpc) is 3.46. The van der Waals surface area contributed by atoms with E-state index in [1.807, 2.05) is 0 Å². The Hall–Kier alpha value is -3.80. The molecule has 3 aromatic carbocycles. The summed E-state index contributed by atoms with van der Waals surface area (Å²) in [4.78, 5) is 30.9. The predicted molar refractivity (Wildman–Crippen MR) is 177 cm³/mol. The van der Waals surface area contributed by atoms with Crippen LogP contribution in [0.15, 0.2) is 65.1 Å². The smallest absolute Gasteiger partial charge is 0.251 e. The fourth-order valence-corrected chi connectivity index (χ4v) is 6.19. The molecule has 10 nitrogen and oxygen atoms in total. The van der Waals surface area contributed by atoms with Crippen LogP contribution in [0.25, 0.3) is 21.9 Å². The summed E-state index contributed by atoms with van der Waals surface area (Å²) >= 11 is 0. The molecule has 6 rings (SSSR count). The number of fused-ring (bicyclic) bond motifs is 5. The molecule has 2 atom stereocenters. The van der Waals surface area contributed by atoms with Gasteiger partial charge in [0.15, 0.2) is 0 Å². The van der Waals surface area contributed by atoms with Gasteiger partial charge in [-0.3, -0.25) is 19.4 Å². The Balaban J connectivity index is 1.35. The molecular formula is C36H44N4O6. The number of benzene rings is 3. The number of hydrogen-bond acceptors (Lipinski definition) is 8. The van der Waals surface area contributed by atoms with Crippen LogP contribution >= 0.6 is 0 Å². The van der Waals surface area contributed by atoms with Crippen LogP contribution in [0.3, 0.4) is 0 Å². The fraction of sp³-hybridized carbons (Fsp3) is 0.444. The molecule has 2 aliphatic rings. The number of ether oxygens (including phenoxy) is 3. The van der Waals surface area contributed by atoms with Gasteiger partial charge in [0.05, 0.1) is 26.4 Å². The Morgan fingerprint density at radius 2 is 1.00 bits per heavy atom. The lowest BCUT2D eigenvalue weighted by atomic mass is 10.1. The number of amides is 2. The van der Waals surface area contributed by atoms with E-state index in [2.05, 4.69) is 56.8 Å². The molecule has 3 heterocycles. The van der Waals surface area contributed by atoms with Crippen LogP contribution in [0.5, 0.6) is 0 Å². The lowest BCUT2D eigenvalue weighted by molar-refractivity contribution is 0.0115. The van der Waals surface area contributed by atoms with Crippen LogP contribution in [0.4, 0.5) is 0 Å². The van der Waals surface area contributed by atoms with Gasteiger partial charge in [0.2, 0.25) is 0 Å². The van der Waals surface area contributed by atoms with E-state index in [1.165, 1.54) is 0 Å². The number of carbonyl (C=O) groups excluding carboxylic acids is 2. The second-order valence-electron chi connectivity index (χ2n) is 11.9. The van der Waals surface area contributed by atoms with Crippen LogP contribution in [0.2, 0.25) is 0 Å². The van der Waals surface area contributed by atoms with E-state index >= 15 is 0 Å². The molecule has 2 aliphatic heterocycles. The first-order valence-corrected chi connectivity index (χ1v) is 16.4. The molecule has 0 radical (unpaired) electrons. The molecule has 0 fully saturated rings. The topological polar surface area (TPSA) is 106 Å². The maximum atomic E-state index is 13.1. The molecule has 4 aromatic rings. The first-order chi connectivity index (χ1) is 22.7. The van der Waals surface area contributed by atoms with E-state index in [1.54, 1.807) is 24.3 Å². The Kier molecular flexibility index (Phi) is 11.3. The van der Waals surface area contributed by atoms with Crippen LogP contribution in [-0.2, 0) is 27.3 Å². The second kappa shape index (κ2) is 16.2. The van der Waals surface area contributed by atoms with E-state index in [4.69, 9.17) is 18.6 Å². The second-order valence-corrected chi connectivity index (χ2v) is 11.9. The highest BCUT2D eigenvalue weighted by atomic mass is 16.5. The first kappa shape index (κ1) is 32.2. The lowest BCUT2D eigenvalue weighted by Crippen LogP contribution is -2.36. The molecule has 10 heteroatoms. The highest BCUT2D eigenvalue weighted by molar-refractivity contribution is 6.06. The van der Waals surface area contributed by atoms with Gasteiger partial charge >= 0.3 is 0 Å². The maximum Gasteiger partial charge on any atom is 0.251 e. The van der Waals surface area contributed by atoms with Crippen molar-refractivity contribution in [1.82, 2.24) is 20.4 Å². The van der Waals surface area contributed by atoms with Gasteiger partial charge in [-0.05, 0) is 31.0 Å². The standard InChI is InChI=1S/C36H44N4O6/c41-35-27-6-1-7-28(24-27)36(42)38-13-17-40-15-5-19-44-21-23-45-22-20-43-18-4-14-39(16-12-37-35)25-29-8-2-10-31-32-11-3-9-30(26-40)34(32)46-33(29)31/h1-3,6-11,24H,4-5,12-23,25-26H2,(H,37,41)(H,38,42). The quantitative estimate of drug-likeness (QED) is 0.299.